The van der Waals surface area contributed by atoms with Crippen LogP contribution in [0.5, 0.6) is 0 Å². The summed E-state index contributed by atoms with van der Waals surface area (Å²) in [4.78, 5) is 2.34. The summed E-state index contributed by atoms with van der Waals surface area (Å²) in [6.45, 7) is 7.78. The van der Waals surface area contributed by atoms with E-state index in [1.54, 1.807) is 0 Å². The molecule has 0 spiro atoms. The van der Waals surface area contributed by atoms with Crippen LogP contribution >= 0.6 is 0 Å². The van der Waals surface area contributed by atoms with Crippen molar-refractivity contribution in [2.75, 3.05) is 26.7 Å². The minimum Gasteiger partial charge on any atom is -0.312 e. The molecule has 0 fully saturated rings. The molecule has 0 heterocycles. The lowest BCUT2D eigenvalue weighted by Gasteiger charge is -2.20. The zero-order valence-corrected chi connectivity index (χ0v) is 11.4. The van der Waals surface area contributed by atoms with Crippen molar-refractivity contribution < 1.29 is 0 Å². The average molecular weight is 234 g/mol. The Bertz CT molecular complexity index is 284. The first-order chi connectivity index (χ1) is 8.26. The van der Waals surface area contributed by atoms with Gasteiger partial charge in [0.25, 0.3) is 0 Å². The van der Waals surface area contributed by atoms with Crippen LogP contribution in [-0.2, 0) is 6.42 Å². The highest BCUT2D eigenvalue weighted by Gasteiger charge is 2.06. The van der Waals surface area contributed by atoms with Gasteiger partial charge in [0.2, 0.25) is 0 Å². The molecule has 2 heteroatoms. The van der Waals surface area contributed by atoms with Crippen molar-refractivity contribution in [1.82, 2.24) is 10.2 Å². The highest BCUT2D eigenvalue weighted by atomic mass is 15.1. The van der Waals surface area contributed by atoms with Crippen molar-refractivity contribution in [1.29, 1.82) is 0 Å². The Morgan fingerprint density at radius 2 is 1.88 bits per heavy atom. The Morgan fingerprint density at radius 1 is 1.18 bits per heavy atom. The van der Waals surface area contributed by atoms with E-state index in [1.807, 2.05) is 0 Å². The maximum Gasteiger partial charge on any atom is 0.0105 e. The van der Waals surface area contributed by atoms with Gasteiger partial charge in [-0.3, -0.25) is 0 Å². The summed E-state index contributed by atoms with van der Waals surface area (Å²) in [5.74, 6) is 0. The average Bonchev–Trinajstić information content (AvgIpc) is 2.38. The molecule has 1 unspecified atom stereocenters. The van der Waals surface area contributed by atoms with Crippen LogP contribution in [0.25, 0.3) is 0 Å². The molecule has 0 aromatic heterocycles. The highest BCUT2D eigenvalue weighted by molar-refractivity contribution is 5.15. The zero-order chi connectivity index (χ0) is 12.5. The first-order valence-corrected chi connectivity index (χ1v) is 6.72. The first kappa shape index (κ1) is 14.2. The van der Waals surface area contributed by atoms with Gasteiger partial charge in [-0.25, -0.2) is 0 Å². The molecule has 2 nitrogen and oxygen atoms in total. The molecule has 0 aliphatic carbocycles. The van der Waals surface area contributed by atoms with Gasteiger partial charge >= 0.3 is 0 Å². The summed E-state index contributed by atoms with van der Waals surface area (Å²) in [6, 6.07) is 11.3. The van der Waals surface area contributed by atoms with Crippen LogP contribution in [0.2, 0.25) is 0 Å². The van der Waals surface area contributed by atoms with Gasteiger partial charge in [-0.1, -0.05) is 44.2 Å². The van der Waals surface area contributed by atoms with Crippen LogP contribution in [-0.4, -0.2) is 37.6 Å². The fourth-order valence-electron chi connectivity index (χ4n) is 1.88. The van der Waals surface area contributed by atoms with Crippen LogP contribution in [0.3, 0.4) is 0 Å². The van der Waals surface area contributed by atoms with Crippen LogP contribution in [0, 0.1) is 0 Å². The molecule has 0 saturated heterocycles. The summed E-state index contributed by atoms with van der Waals surface area (Å²) in [5.41, 5.74) is 1.43. The Labute approximate surface area is 106 Å². The van der Waals surface area contributed by atoms with Gasteiger partial charge in [-0.05, 0) is 32.0 Å². The fourth-order valence-corrected chi connectivity index (χ4v) is 1.88. The predicted octanol–water partition coefficient (Wildman–Crippen LogP) is 2.55. The number of nitrogens with zero attached hydrogens (tertiary/aromatic N) is 1. The Hall–Kier alpha value is -0.860. The number of nitrogens with one attached hydrogen (secondary N) is 1. The molecule has 0 saturated carbocycles. The molecule has 0 radical (unpaired) electrons. The molecule has 0 aliphatic heterocycles. The number of benzene rings is 1. The van der Waals surface area contributed by atoms with Crippen molar-refractivity contribution in [3.8, 4) is 0 Å². The summed E-state index contributed by atoms with van der Waals surface area (Å²) >= 11 is 0. The summed E-state index contributed by atoms with van der Waals surface area (Å²) < 4.78 is 0. The van der Waals surface area contributed by atoms with Gasteiger partial charge < -0.3 is 10.2 Å². The molecule has 1 N–H and O–H groups in total. The van der Waals surface area contributed by atoms with Crippen molar-refractivity contribution in [2.24, 2.45) is 0 Å². The Morgan fingerprint density at radius 3 is 2.47 bits per heavy atom. The van der Waals surface area contributed by atoms with E-state index < -0.39 is 0 Å². The third kappa shape index (κ3) is 5.85. The molecule has 0 aliphatic rings. The lowest BCUT2D eigenvalue weighted by atomic mass is 10.0. The summed E-state index contributed by atoms with van der Waals surface area (Å²) in [7, 11) is 2.17. The SMILES string of the molecule is CCC(Cc1ccccc1)NCCN(C)CC. The molecule has 1 aromatic rings. The van der Waals surface area contributed by atoms with E-state index >= 15 is 0 Å². The third-order valence-electron chi connectivity index (χ3n) is 3.28. The lowest BCUT2D eigenvalue weighted by Crippen LogP contribution is -2.36. The fraction of sp³-hybridized carbons (Fsp3) is 0.600. The Balaban J connectivity index is 2.29. The lowest BCUT2D eigenvalue weighted by molar-refractivity contribution is 0.337. The third-order valence-corrected chi connectivity index (χ3v) is 3.28. The minimum atomic E-state index is 0.600. The van der Waals surface area contributed by atoms with E-state index in [1.165, 1.54) is 12.0 Å². The zero-order valence-electron chi connectivity index (χ0n) is 11.4. The van der Waals surface area contributed by atoms with Crippen LogP contribution in [0.15, 0.2) is 30.3 Å². The largest absolute Gasteiger partial charge is 0.312 e. The molecule has 96 valence electrons. The molecule has 1 aromatic carbocycles. The normalized spacial score (nSPS) is 12.9. The molecular weight excluding hydrogens is 208 g/mol. The molecule has 17 heavy (non-hydrogen) atoms. The second-order valence-electron chi connectivity index (χ2n) is 4.64. The standard InChI is InChI=1S/C15H26N2/c1-4-15(16-11-12-17(3)5-2)13-14-9-7-6-8-10-14/h6-10,15-16H,4-5,11-13H2,1-3H3. The highest BCUT2D eigenvalue weighted by Crippen LogP contribution is 2.05. The maximum absolute atomic E-state index is 3.64. The van der Waals surface area contributed by atoms with Gasteiger partial charge in [-0.2, -0.15) is 0 Å². The van der Waals surface area contributed by atoms with E-state index in [-0.39, 0.29) is 0 Å². The second-order valence-corrected chi connectivity index (χ2v) is 4.64. The van der Waals surface area contributed by atoms with Crippen molar-refractivity contribution in [3.63, 3.8) is 0 Å². The van der Waals surface area contributed by atoms with E-state index in [9.17, 15) is 0 Å². The van der Waals surface area contributed by atoms with Crippen molar-refractivity contribution in [2.45, 2.75) is 32.7 Å². The minimum absolute atomic E-state index is 0.600. The predicted molar refractivity (Wildman–Crippen MR) is 75.4 cm³/mol. The summed E-state index contributed by atoms with van der Waals surface area (Å²) in [6.07, 6.45) is 2.32. The smallest absolute Gasteiger partial charge is 0.0105 e. The number of hydrogen-bond donors (Lipinski definition) is 1. The monoisotopic (exact) mass is 234 g/mol. The molecule has 0 bridgehead atoms. The van der Waals surface area contributed by atoms with Gasteiger partial charge in [0.15, 0.2) is 0 Å². The number of likely N-dealkylation sites (N-methyl/N-ethyl adjacent to an activating group) is 1. The second kappa shape index (κ2) is 8.26. The van der Waals surface area contributed by atoms with E-state index in [4.69, 9.17) is 0 Å². The molecular formula is C15H26N2. The van der Waals surface area contributed by atoms with Crippen LogP contribution < -0.4 is 5.32 Å². The van der Waals surface area contributed by atoms with Crippen molar-refractivity contribution >= 4 is 0 Å². The molecule has 1 atom stereocenters. The summed E-state index contributed by atoms with van der Waals surface area (Å²) in [5, 5.41) is 3.64. The maximum atomic E-state index is 3.64. The quantitative estimate of drug-likeness (QED) is 0.743. The van der Waals surface area contributed by atoms with E-state index in [2.05, 4.69) is 61.4 Å². The molecule has 1 rings (SSSR count). The first-order valence-electron chi connectivity index (χ1n) is 6.72. The number of hydrogen-bond acceptors (Lipinski definition) is 2. The van der Waals surface area contributed by atoms with Gasteiger partial charge in [0.1, 0.15) is 0 Å². The number of rotatable bonds is 8. The van der Waals surface area contributed by atoms with Crippen LogP contribution in [0.1, 0.15) is 25.8 Å². The van der Waals surface area contributed by atoms with Crippen molar-refractivity contribution in [3.05, 3.63) is 35.9 Å². The van der Waals surface area contributed by atoms with Gasteiger partial charge in [0.05, 0.1) is 0 Å². The van der Waals surface area contributed by atoms with Gasteiger partial charge in [-0.15, -0.1) is 0 Å². The van der Waals surface area contributed by atoms with Crippen LogP contribution in [0.4, 0.5) is 0 Å². The van der Waals surface area contributed by atoms with E-state index in [0.29, 0.717) is 6.04 Å². The topological polar surface area (TPSA) is 15.3 Å². The van der Waals surface area contributed by atoms with Gasteiger partial charge in [0, 0.05) is 19.1 Å². The molecule has 0 amide bonds. The van der Waals surface area contributed by atoms with E-state index in [0.717, 1.165) is 26.1 Å². The Kier molecular flexibility index (Phi) is 6.90.